The van der Waals surface area contributed by atoms with Gasteiger partial charge in [-0.15, -0.1) is 0 Å². The van der Waals surface area contributed by atoms with E-state index in [0.717, 1.165) is 30.4 Å². The van der Waals surface area contributed by atoms with Gasteiger partial charge in [-0.05, 0) is 49.4 Å². The van der Waals surface area contributed by atoms with Crippen molar-refractivity contribution in [2.24, 2.45) is 0 Å². The first-order chi connectivity index (χ1) is 6.53. The summed E-state index contributed by atoms with van der Waals surface area (Å²) in [5.41, 5.74) is 0.783. The van der Waals surface area contributed by atoms with Gasteiger partial charge in [0.25, 0.3) is 0 Å². The van der Waals surface area contributed by atoms with E-state index >= 15 is 0 Å². The maximum absolute atomic E-state index is 13.1. The molecule has 3 heteroatoms. The summed E-state index contributed by atoms with van der Waals surface area (Å²) in [5, 5.41) is 10.2. The van der Waals surface area contributed by atoms with Gasteiger partial charge in [0.2, 0.25) is 0 Å². The second-order valence-corrected chi connectivity index (χ2v) is 4.37. The van der Waals surface area contributed by atoms with Crippen molar-refractivity contribution >= 4 is 11.6 Å². The molecule has 0 saturated heterocycles. The molecule has 1 nitrogen and oxygen atoms in total. The molecule has 1 saturated carbocycles. The second kappa shape index (κ2) is 3.21. The lowest BCUT2D eigenvalue weighted by Gasteiger charge is -2.38. The summed E-state index contributed by atoms with van der Waals surface area (Å²) in [5.74, 6) is -0.421. The van der Waals surface area contributed by atoms with Gasteiger partial charge in [-0.2, -0.15) is 0 Å². The first-order valence-electron chi connectivity index (χ1n) is 4.71. The Morgan fingerprint density at radius 1 is 1.43 bits per heavy atom. The molecule has 0 bridgehead atoms. The Labute approximate surface area is 87.5 Å². The third-order valence-corrected chi connectivity index (χ3v) is 3.24. The predicted molar refractivity (Wildman–Crippen MR) is 53.9 cm³/mol. The minimum atomic E-state index is -0.762. The van der Waals surface area contributed by atoms with Crippen LogP contribution < -0.4 is 0 Å². The second-order valence-electron chi connectivity index (χ2n) is 3.97. The average molecular weight is 215 g/mol. The van der Waals surface area contributed by atoms with Gasteiger partial charge in [-0.25, -0.2) is 4.39 Å². The van der Waals surface area contributed by atoms with E-state index < -0.39 is 11.4 Å². The number of benzene rings is 1. The van der Waals surface area contributed by atoms with Crippen molar-refractivity contribution in [3.05, 3.63) is 34.1 Å². The van der Waals surface area contributed by atoms with E-state index in [1.165, 1.54) is 6.07 Å². The summed E-state index contributed by atoms with van der Waals surface area (Å²) >= 11 is 5.69. The van der Waals surface area contributed by atoms with Crippen LogP contribution in [0.15, 0.2) is 12.1 Å². The molecule has 1 aliphatic rings. The van der Waals surface area contributed by atoms with E-state index in [1.54, 1.807) is 13.0 Å². The van der Waals surface area contributed by atoms with Crippen LogP contribution in [-0.4, -0.2) is 5.11 Å². The first-order valence-corrected chi connectivity index (χ1v) is 5.09. The van der Waals surface area contributed by atoms with Crippen molar-refractivity contribution in [2.75, 3.05) is 0 Å². The van der Waals surface area contributed by atoms with E-state index in [0.29, 0.717) is 0 Å². The van der Waals surface area contributed by atoms with Gasteiger partial charge in [0.15, 0.2) is 0 Å². The number of aryl methyl sites for hydroxylation is 1. The largest absolute Gasteiger partial charge is 0.385 e. The molecule has 1 fully saturated rings. The number of hydrogen-bond acceptors (Lipinski definition) is 1. The van der Waals surface area contributed by atoms with Gasteiger partial charge in [-0.3, -0.25) is 0 Å². The lowest BCUT2D eigenvalue weighted by atomic mass is 9.74. The maximum Gasteiger partial charge on any atom is 0.142 e. The van der Waals surface area contributed by atoms with Crippen LogP contribution in [0.3, 0.4) is 0 Å². The highest BCUT2D eigenvalue weighted by Crippen LogP contribution is 2.43. The van der Waals surface area contributed by atoms with Crippen LogP contribution in [0.25, 0.3) is 0 Å². The minimum absolute atomic E-state index is 0.0888. The molecule has 76 valence electrons. The normalized spacial score (nSPS) is 19.1. The molecule has 0 aliphatic heterocycles. The molecule has 0 radical (unpaired) electrons. The van der Waals surface area contributed by atoms with Crippen LogP contribution in [0.1, 0.15) is 30.4 Å². The average Bonchev–Trinajstić information content (AvgIpc) is 2.07. The van der Waals surface area contributed by atoms with Crippen LogP contribution in [0.5, 0.6) is 0 Å². The summed E-state index contributed by atoms with van der Waals surface area (Å²) in [6, 6.07) is 2.93. The van der Waals surface area contributed by atoms with Gasteiger partial charge in [0, 0.05) is 0 Å². The molecule has 0 spiro atoms. The van der Waals surface area contributed by atoms with E-state index in [4.69, 9.17) is 11.6 Å². The zero-order valence-corrected chi connectivity index (χ0v) is 8.74. The van der Waals surface area contributed by atoms with Crippen LogP contribution in [0.4, 0.5) is 4.39 Å². The fourth-order valence-electron chi connectivity index (χ4n) is 1.93. The molecule has 0 heterocycles. The molecule has 1 aromatic rings. The van der Waals surface area contributed by atoms with E-state index in [-0.39, 0.29) is 5.02 Å². The number of hydrogen-bond donors (Lipinski definition) is 1. The lowest BCUT2D eigenvalue weighted by Crippen LogP contribution is -2.34. The van der Waals surface area contributed by atoms with Crippen LogP contribution in [0.2, 0.25) is 5.02 Å². The summed E-state index contributed by atoms with van der Waals surface area (Å²) in [6.07, 6.45) is 2.51. The van der Waals surface area contributed by atoms with Gasteiger partial charge in [0.05, 0.1) is 10.6 Å². The molecule has 0 aromatic heterocycles. The summed E-state index contributed by atoms with van der Waals surface area (Å²) < 4.78 is 13.1. The van der Waals surface area contributed by atoms with Gasteiger partial charge >= 0.3 is 0 Å². The van der Waals surface area contributed by atoms with Crippen molar-refractivity contribution < 1.29 is 9.50 Å². The fourth-order valence-corrected chi connectivity index (χ4v) is 2.09. The summed E-state index contributed by atoms with van der Waals surface area (Å²) in [7, 11) is 0. The molecule has 1 aliphatic carbocycles. The Bertz CT molecular complexity index is 372. The molecule has 0 amide bonds. The van der Waals surface area contributed by atoms with Crippen molar-refractivity contribution in [3.63, 3.8) is 0 Å². The Morgan fingerprint density at radius 3 is 2.57 bits per heavy atom. The van der Waals surface area contributed by atoms with Gasteiger partial charge in [-0.1, -0.05) is 11.6 Å². The highest BCUT2D eigenvalue weighted by molar-refractivity contribution is 6.30. The van der Waals surface area contributed by atoms with E-state index in [2.05, 4.69) is 0 Å². The highest BCUT2D eigenvalue weighted by Gasteiger charge is 2.37. The number of rotatable bonds is 1. The van der Waals surface area contributed by atoms with Crippen molar-refractivity contribution in [2.45, 2.75) is 31.8 Å². The van der Waals surface area contributed by atoms with E-state index in [9.17, 15) is 9.50 Å². The summed E-state index contributed by atoms with van der Waals surface area (Å²) in [6.45, 7) is 1.80. The van der Waals surface area contributed by atoms with Crippen molar-refractivity contribution in [1.82, 2.24) is 0 Å². The first kappa shape index (κ1) is 9.94. The van der Waals surface area contributed by atoms with Crippen LogP contribution in [-0.2, 0) is 5.60 Å². The SMILES string of the molecule is Cc1cc(F)c(Cl)cc1C1(O)CCC1. The molecule has 2 rings (SSSR count). The summed E-state index contributed by atoms with van der Waals surface area (Å²) in [4.78, 5) is 0. The third-order valence-electron chi connectivity index (χ3n) is 2.95. The third kappa shape index (κ3) is 1.43. The quantitative estimate of drug-likeness (QED) is 0.762. The Balaban J connectivity index is 2.48. The number of aliphatic hydroxyl groups is 1. The molecule has 14 heavy (non-hydrogen) atoms. The fraction of sp³-hybridized carbons (Fsp3) is 0.455. The minimum Gasteiger partial charge on any atom is -0.385 e. The topological polar surface area (TPSA) is 20.2 Å². The molecular formula is C11H12ClFO. The zero-order chi connectivity index (χ0) is 10.3. The molecule has 1 aromatic carbocycles. The number of halogens is 2. The van der Waals surface area contributed by atoms with E-state index in [1.807, 2.05) is 0 Å². The van der Waals surface area contributed by atoms with Crippen LogP contribution >= 0.6 is 11.6 Å². The van der Waals surface area contributed by atoms with Gasteiger partial charge < -0.3 is 5.11 Å². The highest BCUT2D eigenvalue weighted by atomic mass is 35.5. The Hall–Kier alpha value is -0.600. The predicted octanol–water partition coefficient (Wildman–Crippen LogP) is 3.16. The zero-order valence-electron chi connectivity index (χ0n) is 7.98. The van der Waals surface area contributed by atoms with Crippen molar-refractivity contribution in [3.8, 4) is 0 Å². The standard InChI is InChI=1S/C11H12ClFO/c1-7-5-10(13)9(12)6-8(7)11(14)3-2-4-11/h5-6,14H,2-4H2,1H3. The smallest absolute Gasteiger partial charge is 0.142 e. The lowest BCUT2D eigenvalue weighted by molar-refractivity contribution is -0.0393. The monoisotopic (exact) mass is 214 g/mol. The Morgan fingerprint density at radius 2 is 2.07 bits per heavy atom. The van der Waals surface area contributed by atoms with Crippen molar-refractivity contribution in [1.29, 1.82) is 0 Å². The van der Waals surface area contributed by atoms with Gasteiger partial charge in [0.1, 0.15) is 5.82 Å². The molecule has 0 atom stereocenters. The molecular weight excluding hydrogens is 203 g/mol. The van der Waals surface area contributed by atoms with Crippen LogP contribution in [0, 0.1) is 12.7 Å². The molecule has 0 unspecified atom stereocenters. The maximum atomic E-state index is 13.1. The Kier molecular flexibility index (Phi) is 2.28. The molecule has 1 N–H and O–H groups in total.